The third kappa shape index (κ3) is 2.80. The Hall–Kier alpha value is -1.17. The zero-order valence-electron chi connectivity index (χ0n) is 9.31. The minimum absolute atomic E-state index is 0.0225. The second-order valence-electron chi connectivity index (χ2n) is 3.46. The smallest absolute Gasteiger partial charge is 0.352 e. The number of carbonyl (C=O) groups is 1. The van der Waals surface area contributed by atoms with Gasteiger partial charge >= 0.3 is 5.97 Å². The van der Waals surface area contributed by atoms with Crippen molar-refractivity contribution in [2.45, 2.75) is 13.5 Å². The first kappa shape index (κ1) is 13.3. The molecule has 0 fully saturated rings. The Bertz CT molecular complexity index is 566. The van der Waals surface area contributed by atoms with E-state index in [2.05, 4.69) is 9.59 Å². The molecule has 0 aliphatic rings. The summed E-state index contributed by atoms with van der Waals surface area (Å²) in [7, 11) is 0. The van der Waals surface area contributed by atoms with Crippen LogP contribution in [0.2, 0.25) is 10.0 Å². The van der Waals surface area contributed by atoms with Crippen molar-refractivity contribution >= 4 is 40.7 Å². The molecule has 2 aromatic rings. The summed E-state index contributed by atoms with van der Waals surface area (Å²) in [5.74, 6) is -0.474. The van der Waals surface area contributed by atoms with E-state index in [0.29, 0.717) is 26.2 Å². The van der Waals surface area contributed by atoms with E-state index in [1.807, 2.05) is 0 Å². The first-order chi connectivity index (χ1) is 8.59. The number of ether oxygens (including phenoxy) is 1. The zero-order valence-corrected chi connectivity index (χ0v) is 11.6. The van der Waals surface area contributed by atoms with E-state index in [1.165, 1.54) is 0 Å². The topological polar surface area (TPSA) is 52.1 Å². The maximum atomic E-state index is 11.7. The van der Waals surface area contributed by atoms with Crippen molar-refractivity contribution in [2.75, 3.05) is 0 Å². The minimum atomic E-state index is -0.474. The summed E-state index contributed by atoms with van der Waals surface area (Å²) in [5, 5.41) is 4.68. The largest absolute Gasteiger partial charge is 0.456 e. The number of benzene rings is 1. The molecular formula is C11H8Cl2N2O2S. The van der Waals surface area contributed by atoms with Crippen LogP contribution in [0, 0.1) is 6.92 Å². The highest BCUT2D eigenvalue weighted by Gasteiger charge is 2.16. The SMILES string of the molecule is Cc1nnsc1C(=O)OCc1c(Cl)cccc1Cl. The van der Waals surface area contributed by atoms with E-state index in [4.69, 9.17) is 27.9 Å². The molecule has 0 atom stereocenters. The Kier molecular flexibility index (Phi) is 4.16. The second kappa shape index (κ2) is 5.65. The van der Waals surface area contributed by atoms with Gasteiger partial charge in [-0.2, -0.15) is 0 Å². The molecule has 0 spiro atoms. The van der Waals surface area contributed by atoms with Crippen LogP contribution in [-0.4, -0.2) is 15.6 Å². The molecule has 94 valence electrons. The van der Waals surface area contributed by atoms with Crippen LogP contribution in [0.3, 0.4) is 0 Å². The molecule has 0 N–H and O–H groups in total. The fourth-order valence-corrected chi connectivity index (χ4v) is 2.35. The van der Waals surface area contributed by atoms with Crippen molar-refractivity contribution in [2.24, 2.45) is 0 Å². The van der Waals surface area contributed by atoms with Crippen molar-refractivity contribution in [1.82, 2.24) is 9.59 Å². The van der Waals surface area contributed by atoms with Crippen LogP contribution in [0.15, 0.2) is 18.2 Å². The van der Waals surface area contributed by atoms with Gasteiger partial charge in [-0.25, -0.2) is 4.79 Å². The Balaban J connectivity index is 2.09. The lowest BCUT2D eigenvalue weighted by Crippen LogP contribution is -2.05. The summed E-state index contributed by atoms with van der Waals surface area (Å²) in [6, 6.07) is 5.11. The van der Waals surface area contributed by atoms with Gasteiger partial charge in [-0.1, -0.05) is 33.8 Å². The minimum Gasteiger partial charge on any atom is -0.456 e. The summed E-state index contributed by atoms with van der Waals surface area (Å²) in [4.78, 5) is 12.1. The number of halogens is 2. The molecule has 0 radical (unpaired) electrons. The van der Waals surface area contributed by atoms with Crippen LogP contribution < -0.4 is 0 Å². The van der Waals surface area contributed by atoms with E-state index in [1.54, 1.807) is 25.1 Å². The monoisotopic (exact) mass is 302 g/mol. The highest BCUT2D eigenvalue weighted by Crippen LogP contribution is 2.25. The van der Waals surface area contributed by atoms with Gasteiger partial charge in [0, 0.05) is 15.6 Å². The van der Waals surface area contributed by atoms with Crippen molar-refractivity contribution in [3.63, 3.8) is 0 Å². The fourth-order valence-electron chi connectivity index (χ4n) is 1.29. The number of rotatable bonds is 3. The molecular weight excluding hydrogens is 295 g/mol. The van der Waals surface area contributed by atoms with Gasteiger partial charge in [-0.15, -0.1) is 5.10 Å². The molecule has 2 rings (SSSR count). The number of nitrogens with zero attached hydrogens (tertiary/aromatic N) is 2. The third-order valence-corrected chi connectivity index (χ3v) is 3.76. The normalized spacial score (nSPS) is 10.4. The van der Waals surface area contributed by atoms with E-state index < -0.39 is 5.97 Å². The molecule has 18 heavy (non-hydrogen) atoms. The lowest BCUT2D eigenvalue weighted by Gasteiger charge is -2.07. The summed E-state index contributed by atoms with van der Waals surface area (Å²) in [6.07, 6.45) is 0. The Morgan fingerprint density at radius 1 is 1.39 bits per heavy atom. The van der Waals surface area contributed by atoms with Crippen LogP contribution in [-0.2, 0) is 11.3 Å². The van der Waals surface area contributed by atoms with E-state index in [9.17, 15) is 4.79 Å². The molecule has 0 aliphatic carbocycles. The molecule has 1 heterocycles. The van der Waals surface area contributed by atoms with Gasteiger partial charge in [-0.05, 0) is 30.6 Å². The number of hydrogen-bond acceptors (Lipinski definition) is 5. The number of esters is 1. The number of aryl methyl sites for hydroxylation is 1. The number of hydrogen-bond donors (Lipinski definition) is 0. The van der Waals surface area contributed by atoms with Crippen LogP contribution in [0.5, 0.6) is 0 Å². The summed E-state index contributed by atoms with van der Waals surface area (Å²) < 4.78 is 8.81. The van der Waals surface area contributed by atoms with E-state index in [0.717, 1.165) is 11.5 Å². The number of aromatic nitrogens is 2. The van der Waals surface area contributed by atoms with Gasteiger partial charge in [0.15, 0.2) is 4.88 Å². The molecule has 0 unspecified atom stereocenters. The second-order valence-corrected chi connectivity index (χ2v) is 5.03. The van der Waals surface area contributed by atoms with Crippen LogP contribution in [0.4, 0.5) is 0 Å². The highest BCUT2D eigenvalue weighted by atomic mass is 35.5. The predicted molar refractivity (Wildman–Crippen MR) is 70.2 cm³/mol. The lowest BCUT2D eigenvalue weighted by molar-refractivity contribution is 0.0478. The van der Waals surface area contributed by atoms with Crippen molar-refractivity contribution in [3.8, 4) is 0 Å². The quantitative estimate of drug-likeness (QED) is 0.814. The van der Waals surface area contributed by atoms with Crippen LogP contribution in [0.25, 0.3) is 0 Å². The average molecular weight is 303 g/mol. The lowest BCUT2D eigenvalue weighted by atomic mass is 10.2. The standard InChI is InChI=1S/C11H8Cl2N2O2S/c1-6-10(18-15-14-6)11(16)17-5-7-8(12)3-2-4-9(7)13/h2-4H,5H2,1H3. The molecule has 0 bridgehead atoms. The zero-order chi connectivity index (χ0) is 13.1. The average Bonchev–Trinajstić information content (AvgIpc) is 2.74. The van der Waals surface area contributed by atoms with Gasteiger partial charge in [-0.3, -0.25) is 0 Å². The summed E-state index contributed by atoms with van der Waals surface area (Å²) >= 11 is 12.9. The van der Waals surface area contributed by atoms with Crippen LogP contribution >= 0.6 is 34.7 Å². The van der Waals surface area contributed by atoms with Crippen LogP contribution in [0.1, 0.15) is 20.9 Å². The first-order valence-electron chi connectivity index (χ1n) is 4.98. The van der Waals surface area contributed by atoms with Gasteiger partial charge in [0.1, 0.15) is 6.61 Å². The molecule has 0 amide bonds. The summed E-state index contributed by atoms with van der Waals surface area (Å²) in [5.41, 5.74) is 1.14. The Morgan fingerprint density at radius 2 is 2.06 bits per heavy atom. The maximum absolute atomic E-state index is 11.7. The van der Waals surface area contributed by atoms with E-state index >= 15 is 0 Å². The maximum Gasteiger partial charge on any atom is 0.352 e. The molecule has 7 heteroatoms. The summed E-state index contributed by atoms with van der Waals surface area (Å²) in [6.45, 7) is 1.72. The van der Waals surface area contributed by atoms with Gasteiger partial charge in [0.05, 0.1) is 5.69 Å². The number of carbonyl (C=O) groups excluding carboxylic acids is 1. The molecule has 1 aromatic heterocycles. The fraction of sp³-hybridized carbons (Fsp3) is 0.182. The molecule has 4 nitrogen and oxygen atoms in total. The Labute approximate surface area is 118 Å². The molecule has 0 saturated carbocycles. The third-order valence-electron chi connectivity index (χ3n) is 2.25. The molecule has 1 aromatic carbocycles. The van der Waals surface area contributed by atoms with Gasteiger partial charge < -0.3 is 4.74 Å². The van der Waals surface area contributed by atoms with Crippen molar-refractivity contribution in [1.29, 1.82) is 0 Å². The Morgan fingerprint density at radius 3 is 2.61 bits per heavy atom. The van der Waals surface area contributed by atoms with Crippen molar-refractivity contribution < 1.29 is 9.53 Å². The first-order valence-corrected chi connectivity index (χ1v) is 6.51. The van der Waals surface area contributed by atoms with Crippen molar-refractivity contribution in [3.05, 3.63) is 44.4 Å². The van der Waals surface area contributed by atoms with E-state index in [-0.39, 0.29) is 6.61 Å². The van der Waals surface area contributed by atoms with Gasteiger partial charge in [0.2, 0.25) is 0 Å². The molecule has 0 aliphatic heterocycles. The van der Waals surface area contributed by atoms with Gasteiger partial charge in [0.25, 0.3) is 0 Å². The highest BCUT2D eigenvalue weighted by molar-refractivity contribution is 7.07. The molecule has 0 saturated heterocycles. The predicted octanol–water partition coefficient (Wildman–Crippen LogP) is 3.51.